The van der Waals surface area contributed by atoms with E-state index in [-0.39, 0.29) is 5.78 Å². The van der Waals surface area contributed by atoms with Crippen molar-refractivity contribution < 1.29 is 14.3 Å². The van der Waals surface area contributed by atoms with Gasteiger partial charge in [0.1, 0.15) is 5.75 Å². The molecule has 0 aliphatic rings. The fraction of sp³-hybridized carbons (Fsp3) is 0.200. The third-order valence-electron chi connectivity index (χ3n) is 2.75. The van der Waals surface area contributed by atoms with Crippen molar-refractivity contribution in [2.75, 3.05) is 6.61 Å². The van der Waals surface area contributed by atoms with Crippen molar-refractivity contribution >= 4 is 23.0 Å². The molecule has 0 saturated carbocycles. The van der Waals surface area contributed by atoms with Crippen LogP contribution in [0.25, 0.3) is 0 Å². The zero-order valence-electron chi connectivity index (χ0n) is 10.9. The molecule has 2 aromatic rings. The van der Waals surface area contributed by atoms with Gasteiger partial charge in [-0.2, -0.15) is 0 Å². The van der Waals surface area contributed by atoms with Crippen LogP contribution in [0.4, 0.5) is 0 Å². The molecule has 1 heterocycles. The summed E-state index contributed by atoms with van der Waals surface area (Å²) in [5.74, 6) is 0.0608. The molecule has 2 N–H and O–H groups in total. The quantitative estimate of drug-likeness (QED) is 0.629. The summed E-state index contributed by atoms with van der Waals surface area (Å²) in [7, 11) is 0. The fourth-order valence-corrected chi connectivity index (χ4v) is 2.47. The first-order valence-corrected chi connectivity index (χ1v) is 7.15. The van der Waals surface area contributed by atoms with E-state index in [4.69, 9.17) is 10.5 Å². The number of benzene rings is 1. The Labute approximate surface area is 121 Å². The minimum atomic E-state index is -0.518. The Bertz CT molecular complexity index is 593. The standard InChI is InChI=1S/C15H15NO3S/c16-15(18)11-5-1-2-7-13(11)19-9-3-6-12(17)14-8-4-10-20-14/h1-2,4-5,7-8,10H,3,6,9H2,(H2,16,18). The first-order valence-electron chi connectivity index (χ1n) is 6.27. The molecule has 20 heavy (non-hydrogen) atoms. The molecule has 5 heteroatoms. The first kappa shape index (κ1) is 14.3. The van der Waals surface area contributed by atoms with Crippen molar-refractivity contribution in [1.29, 1.82) is 0 Å². The van der Waals surface area contributed by atoms with Gasteiger partial charge in [-0.25, -0.2) is 0 Å². The zero-order valence-corrected chi connectivity index (χ0v) is 11.7. The van der Waals surface area contributed by atoms with Crippen LogP contribution in [-0.2, 0) is 0 Å². The van der Waals surface area contributed by atoms with E-state index in [9.17, 15) is 9.59 Å². The van der Waals surface area contributed by atoms with Gasteiger partial charge < -0.3 is 10.5 Å². The number of Topliss-reactive ketones (excluding diaryl/α,β-unsaturated/α-hetero) is 1. The van der Waals surface area contributed by atoms with Gasteiger partial charge in [-0.1, -0.05) is 18.2 Å². The van der Waals surface area contributed by atoms with Crippen molar-refractivity contribution in [2.24, 2.45) is 5.73 Å². The van der Waals surface area contributed by atoms with Gasteiger partial charge in [0.05, 0.1) is 17.0 Å². The number of primary amides is 1. The Morgan fingerprint density at radius 2 is 1.95 bits per heavy atom. The third-order valence-corrected chi connectivity index (χ3v) is 3.67. The summed E-state index contributed by atoms with van der Waals surface area (Å²) in [4.78, 5) is 23.7. The maximum Gasteiger partial charge on any atom is 0.252 e. The van der Waals surface area contributed by atoms with Gasteiger partial charge in [0.2, 0.25) is 0 Å². The van der Waals surface area contributed by atoms with Gasteiger partial charge in [0.15, 0.2) is 5.78 Å². The largest absolute Gasteiger partial charge is 0.493 e. The second kappa shape index (κ2) is 6.86. The second-order valence-electron chi connectivity index (χ2n) is 4.21. The number of carbonyl (C=O) groups excluding carboxylic acids is 2. The maximum atomic E-state index is 11.8. The van der Waals surface area contributed by atoms with Crippen LogP contribution in [0.15, 0.2) is 41.8 Å². The lowest BCUT2D eigenvalue weighted by atomic mass is 10.2. The van der Waals surface area contributed by atoms with Gasteiger partial charge >= 0.3 is 0 Å². The molecule has 1 amide bonds. The fourth-order valence-electron chi connectivity index (χ4n) is 1.77. The summed E-state index contributed by atoms with van der Waals surface area (Å²) in [6, 6.07) is 10.5. The summed E-state index contributed by atoms with van der Waals surface area (Å²) in [5, 5.41) is 1.88. The molecule has 0 aliphatic carbocycles. The molecule has 1 aromatic heterocycles. The summed E-state index contributed by atoms with van der Waals surface area (Å²) in [5.41, 5.74) is 5.62. The van der Waals surface area contributed by atoms with Gasteiger partial charge in [-0.05, 0) is 30.0 Å². The lowest BCUT2D eigenvalue weighted by Crippen LogP contribution is -2.13. The highest BCUT2D eigenvalue weighted by molar-refractivity contribution is 7.12. The summed E-state index contributed by atoms with van der Waals surface area (Å²) >= 11 is 1.44. The minimum absolute atomic E-state index is 0.117. The lowest BCUT2D eigenvalue weighted by molar-refractivity contribution is 0.0969. The van der Waals surface area contributed by atoms with Crippen molar-refractivity contribution in [2.45, 2.75) is 12.8 Å². The number of hydrogen-bond donors (Lipinski definition) is 1. The average molecular weight is 289 g/mol. The number of ketones is 1. The normalized spacial score (nSPS) is 10.2. The summed E-state index contributed by atoms with van der Waals surface area (Å²) in [6.45, 7) is 0.376. The van der Waals surface area contributed by atoms with Crippen LogP contribution in [0.5, 0.6) is 5.75 Å². The van der Waals surface area contributed by atoms with Crippen LogP contribution in [0.3, 0.4) is 0 Å². The number of ether oxygens (including phenoxy) is 1. The molecule has 0 saturated heterocycles. The van der Waals surface area contributed by atoms with Crippen LogP contribution >= 0.6 is 11.3 Å². The number of amides is 1. The molecule has 0 unspecified atom stereocenters. The van der Waals surface area contributed by atoms with E-state index in [1.165, 1.54) is 11.3 Å². The maximum absolute atomic E-state index is 11.8. The van der Waals surface area contributed by atoms with Crippen molar-refractivity contribution in [3.8, 4) is 5.75 Å². The SMILES string of the molecule is NC(=O)c1ccccc1OCCCC(=O)c1cccs1. The molecular weight excluding hydrogens is 274 g/mol. The van der Waals surface area contributed by atoms with E-state index < -0.39 is 5.91 Å². The van der Waals surface area contributed by atoms with Crippen molar-refractivity contribution in [3.05, 3.63) is 52.2 Å². The molecule has 0 atom stereocenters. The smallest absolute Gasteiger partial charge is 0.252 e. The van der Waals surface area contributed by atoms with E-state index in [0.717, 1.165) is 4.88 Å². The number of thiophene rings is 1. The van der Waals surface area contributed by atoms with Gasteiger partial charge in [0.25, 0.3) is 5.91 Å². The molecule has 0 bridgehead atoms. The average Bonchev–Trinajstić information content (AvgIpc) is 2.98. The van der Waals surface area contributed by atoms with Crippen LogP contribution in [-0.4, -0.2) is 18.3 Å². The van der Waals surface area contributed by atoms with Crippen LogP contribution < -0.4 is 10.5 Å². The van der Waals surface area contributed by atoms with Crippen molar-refractivity contribution in [3.63, 3.8) is 0 Å². The van der Waals surface area contributed by atoms with Crippen LogP contribution in [0.2, 0.25) is 0 Å². The third kappa shape index (κ3) is 3.68. The van der Waals surface area contributed by atoms with Gasteiger partial charge in [-0.3, -0.25) is 9.59 Å². The zero-order chi connectivity index (χ0) is 14.4. The molecule has 0 radical (unpaired) electrons. The van der Waals surface area contributed by atoms with Gasteiger partial charge in [-0.15, -0.1) is 11.3 Å². The predicted octanol–water partition coefficient (Wildman–Crippen LogP) is 2.89. The summed E-state index contributed by atoms with van der Waals surface area (Å²) in [6.07, 6.45) is 1.03. The molecule has 104 valence electrons. The lowest BCUT2D eigenvalue weighted by Gasteiger charge is -2.08. The topological polar surface area (TPSA) is 69.4 Å². The number of para-hydroxylation sites is 1. The second-order valence-corrected chi connectivity index (χ2v) is 5.16. The molecule has 2 rings (SSSR count). The Morgan fingerprint density at radius 1 is 1.15 bits per heavy atom. The minimum Gasteiger partial charge on any atom is -0.493 e. The number of rotatable bonds is 7. The molecule has 0 aliphatic heterocycles. The van der Waals surface area contributed by atoms with E-state index in [2.05, 4.69) is 0 Å². The highest BCUT2D eigenvalue weighted by atomic mass is 32.1. The number of hydrogen-bond acceptors (Lipinski definition) is 4. The Morgan fingerprint density at radius 3 is 2.65 bits per heavy atom. The van der Waals surface area contributed by atoms with Crippen molar-refractivity contribution in [1.82, 2.24) is 0 Å². The molecular formula is C15H15NO3S. The van der Waals surface area contributed by atoms with E-state index in [1.54, 1.807) is 24.3 Å². The predicted molar refractivity (Wildman–Crippen MR) is 78.3 cm³/mol. The monoisotopic (exact) mass is 289 g/mol. The van der Waals surface area contributed by atoms with Crippen LogP contribution in [0.1, 0.15) is 32.9 Å². The van der Waals surface area contributed by atoms with Crippen LogP contribution in [0, 0.1) is 0 Å². The highest BCUT2D eigenvalue weighted by Crippen LogP contribution is 2.18. The first-order chi connectivity index (χ1) is 9.68. The molecule has 0 fully saturated rings. The van der Waals surface area contributed by atoms with E-state index in [1.807, 2.05) is 17.5 Å². The molecule has 1 aromatic carbocycles. The summed E-state index contributed by atoms with van der Waals surface area (Å²) < 4.78 is 5.52. The Balaban J connectivity index is 1.82. The number of carbonyl (C=O) groups is 2. The Kier molecular flexibility index (Phi) is 4.90. The molecule has 0 spiro atoms. The van der Waals surface area contributed by atoms with E-state index in [0.29, 0.717) is 30.8 Å². The van der Waals surface area contributed by atoms with E-state index >= 15 is 0 Å². The highest BCUT2D eigenvalue weighted by Gasteiger charge is 2.09. The number of nitrogens with two attached hydrogens (primary N) is 1. The van der Waals surface area contributed by atoms with Gasteiger partial charge in [0, 0.05) is 6.42 Å². The Hall–Kier alpha value is -2.14. The molecule has 4 nitrogen and oxygen atoms in total.